The number of benzene rings is 1. The molecule has 106 valence electrons. The van der Waals surface area contributed by atoms with Crippen LogP contribution in [0.5, 0.6) is 0 Å². The van der Waals surface area contributed by atoms with Crippen LogP contribution in [0.15, 0.2) is 30.3 Å². The van der Waals surface area contributed by atoms with Crippen LogP contribution in [-0.2, 0) is 4.79 Å². The Hall–Kier alpha value is -2.87. The lowest BCUT2D eigenvalue weighted by atomic mass is 10.1. The summed E-state index contributed by atoms with van der Waals surface area (Å²) >= 11 is 0. The smallest absolute Gasteiger partial charge is 0.293 e. The Morgan fingerprint density at radius 1 is 1.29 bits per heavy atom. The van der Waals surface area contributed by atoms with E-state index in [0.717, 1.165) is 5.69 Å². The number of Topliss-reactive ketones (excluding diaryl/α,β-unsaturated/α-hetero) is 1. The van der Waals surface area contributed by atoms with Gasteiger partial charge in [-0.15, -0.1) is 6.42 Å². The maximum Gasteiger partial charge on any atom is 0.293 e. The van der Waals surface area contributed by atoms with Crippen LogP contribution >= 0.6 is 0 Å². The molecule has 0 aliphatic heterocycles. The first-order chi connectivity index (χ1) is 10.1. The zero-order valence-electron chi connectivity index (χ0n) is 11.9. The number of hydrogen-bond acceptors (Lipinski definition) is 3. The molecule has 1 N–H and O–H groups in total. The minimum Gasteiger partial charge on any atom is -0.338 e. The zero-order valence-corrected chi connectivity index (χ0v) is 11.9. The summed E-state index contributed by atoms with van der Waals surface area (Å²) in [7, 11) is 0. The highest BCUT2D eigenvalue weighted by Crippen LogP contribution is 2.18. The number of rotatable bonds is 4. The third-order valence-electron chi connectivity index (χ3n) is 3.08. The van der Waals surface area contributed by atoms with Crippen molar-refractivity contribution < 1.29 is 9.59 Å². The highest BCUT2D eigenvalue weighted by molar-refractivity contribution is 6.43. The van der Waals surface area contributed by atoms with Gasteiger partial charge in [0.25, 0.3) is 11.7 Å². The maximum atomic E-state index is 12.2. The van der Waals surface area contributed by atoms with E-state index in [4.69, 9.17) is 6.42 Å². The molecule has 0 saturated heterocycles. The van der Waals surface area contributed by atoms with Gasteiger partial charge in [0.15, 0.2) is 0 Å². The lowest BCUT2D eigenvalue weighted by Crippen LogP contribution is -2.31. The zero-order chi connectivity index (χ0) is 15.4. The van der Waals surface area contributed by atoms with E-state index in [-0.39, 0.29) is 6.54 Å². The second-order valence-electron chi connectivity index (χ2n) is 4.51. The van der Waals surface area contributed by atoms with E-state index in [9.17, 15) is 9.59 Å². The first-order valence-electron chi connectivity index (χ1n) is 6.44. The molecule has 0 fully saturated rings. The van der Waals surface area contributed by atoms with E-state index in [1.807, 2.05) is 30.3 Å². The number of para-hydroxylation sites is 1. The predicted octanol–water partition coefficient (Wildman–Crippen LogP) is 1.42. The molecule has 5 heteroatoms. The topological polar surface area (TPSA) is 64.0 Å². The first kappa shape index (κ1) is 14.5. The van der Waals surface area contributed by atoms with Crippen molar-refractivity contribution in [3.63, 3.8) is 0 Å². The molecule has 1 heterocycles. The van der Waals surface area contributed by atoms with Gasteiger partial charge in [0.1, 0.15) is 0 Å². The molecule has 0 saturated carbocycles. The van der Waals surface area contributed by atoms with Crippen LogP contribution in [0.4, 0.5) is 0 Å². The molecule has 1 amide bonds. The third-order valence-corrected chi connectivity index (χ3v) is 3.08. The quantitative estimate of drug-likeness (QED) is 0.524. The number of amides is 1. The Morgan fingerprint density at radius 3 is 2.57 bits per heavy atom. The van der Waals surface area contributed by atoms with Crippen molar-refractivity contribution in [2.75, 3.05) is 6.54 Å². The number of aromatic nitrogens is 2. The number of aryl methyl sites for hydroxylation is 1. The number of hydrogen-bond donors (Lipinski definition) is 1. The first-order valence-corrected chi connectivity index (χ1v) is 6.44. The number of nitrogens with one attached hydrogen (secondary N) is 1. The molecule has 1 aromatic carbocycles. The van der Waals surface area contributed by atoms with Crippen molar-refractivity contribution in [1.82, 2.24) is 15.1 Å². The molecule has 0 bridgehead atoms. The second kappa shape index (κ2) is 6.06. The molecule has 0 radical (unpaired) electrons. The van der Waals surface area contributed by atoms with Gasteiger partial charge in [-0.3, -0.25) is 9.59 Å². The second-order valence-corrected chi connectivity index (χ2v) is 4.51. The van der Waals surface area contributed by atoms with Gasteiger partial charge in [-0.1, -0.05) is 24.1 Å². The average molecular weight is 281 g/mol. The number of carbonyl (C=O) groups is 2. The van der Waals surface area contributed by atoms with E-state index in [1.165, 1.54) is 0 Å². The summed E-state index contributed by atoms with van der Waals surface area (Å²) in [5.41, 5.74) is 2.28. The summed E-state index contributed by atoms with van der Waals surface area (Å²) in [6, 6.07) is 9.42. The fourth-order valence-electron chi connectivity index (χ4n) is 2.12. The molecular weight excluding hydrogens is 266 g/mol. The minimum absolute atomic E-state index is 0.0233. The Labute approximate surface area is 123 Å². The van der Waals surface area contributed by atoms with Gasteiger partial charge in [0, 0.05) is 0 Å². The van der Waals surface area contributed by atoms with Gasteiger partial charge in [-0.25, -0.2) is 4.68 Å². The van der Waals surface area contributed by atoms with Crippen molar-refractivity contribution in [1.29, 1.82) is 0 Å². The van der Waals surface area contributed by atoms with Crippen LogP contribution in [0, 0.1) is 26.2 Å². The molecular formula is C16H15N3O2. The Balaban J connectivity index is 2.39. The van der Waals surface area contributed by atoms with Crippen LogP contribution < -0.4 is 5.32 Å². The summed E-state index contributed by atoms with van der Waals surface area (Å²) in [5.74, 6) is 0.922. The van der Waals surface area contributed by atoms with Crippen molar-refractivity contribution in [2.24, 2.45) is 0 Å². The highest BCUT2D eigenvalue weighted by atomic mass is 16.2. The maximum absolute atomic E-state index is 12.2. The molecule has 0 atom stereocenters. The monoisotopic (exact) mass is 281 g/mol. The van der Waals surface area contributed by atoms with Crippen LogP contribution in [0.3, 0.4) is 0 Å². The van der Waals surface area contributed by atoms with Crippen LogP contribution in [0.1, 0.15) is 21.7 Å². The fourth-order valence-corrected chi connectivity index (χ4v) is 2.12. The van der Waals surface area contributed by atoms with Gasteiger partial charge < -0.3 is 5.32 Å². The normalized spacial score (nSPS) is 9.95. The highest BCUT2D eigenvalue weighted by Gasteiger charge is 2.24. The number of nitrogens with zero attached hydrogens (tertiary/aromatic N) is 2. The minimum atomic E-state index is -0.716. The van der Waals surface area contributed by atoms with Crippen LogP contribution in [0.25, 0.3) is 5.69 Å². The fraction of sp³-hybridized carbons (Fsp3) is 0.188. The van der Waals surface area contributed by atoms with Gasteiger partial charge in [-0.05, 0) is 26.0 Å². The lowest BCUT2D eigenvalue weighted by molar-refractivity contribution is -0.116. The summed E-state index contributed by atoms with van der Waals surface area (Å²) in [6.45, 7) is 3.48. The summed E-state index contributed by atoms with van der Waals surface area (Å²) < 4.78 is 1.65. The molecule has 21 heavy (non-hydrogen) atoms. The molecule has 0 aliphatic carbocycles. The molecule has 0 unspecified atom stereocenters. The standard InChI is InChI=1S/C16H15N3O2/c1-4-10-17-16(21)15(20)14-11(2)18-19(12(14)3)13-8-6-5-7-9-13/h1,5-9H,10H2,2-3H3,(H,17,21). The van der Waals surface area contributed by atoms with Gasteiger partial charge in [-0.2, -0.15) is 5.10 Å². The Morgan fingerprint density at radius 2 is 1.95 bits per heavy atom. The van der Waals surface area contributed by atoms with E-state index in [0.29, 0.717) is 17.0 Å². The number of ketones is 1. The largest absolute Gasteiger partial charge is 0.338 e. The molecule has 5 nitrogen and oxygen atoms in total. The SMILES string of the molecule is C#CCNC(=O)C(=O)c1c(C)nn(-c2ccccc2)c1C. The third kappa shape index (κ3) is 2.84. The van der Waals surface area contributed by atoms with Crippen LogP contribution in [0.2, 0.25) is 0 Å². The van der Waals surface area contributed by atoms with E-state index >= 15 is 0 Å². The number of carbonyl (C=O) groups excluding carboxylic acids is 2. The van der Waals surface area contributed by atoms with Crippen molar-refractivity contribution in [2.45, 2.75) is 13.8 Å². The summed E-state index contributed by atoms with van der Waals surface area (Å²) in [5, 5.41) is 6.71. The predicted molar refractivity (Wildman–Crippen MR) is 79.2 cm³/mol. The van der Waals surface area contributed by atoms with E-state index < -0.39 is 11.7 Å². The van der Waals surface area contributed by atoms with E-state index in [1.54, 1.807) is 18.5 Å². The van der Waals surface area contributed by atoms with Gasteiger partial charge >= 0.3 is 0 Å². The Bertz CT molecular complexity index is 724. The summed E-state index contributed by atoms with van der Waals surface area (Å²) in [6.07, 6.45) is 5.06. The number of terminal acetylenes is 1. The van der Waals surface area contributed by atoms with Gasteiger partial charge in [0.2, 0.25) is 0 Å². The van der Waals surface area contributed by atoms with Crippen molar-refractivity contribution in [3.8, 4) is 18.0 Å². The Kier molecular flexibility index (Phi) is 4.19. The average Bonchev–Trinajstić information content (AvgIpc) is 2.80. The molecule has 2 aromatic rings. The van der Waals surface area contributed by atoms with E-state index in [2.05, 4.69) is 16.3 Å². The van der Waals surface area contributed by atoms with Gasteiger partial charge in [0.05, 0.1) is 29.2 Å². The molecule has 2 rings (SSSR count). The molecule has 0 aliphatic rings. The molecule has 1 aromatic heterocycles. The summed E-state index contributed by atoms with van der Waals surface area (Å²) in [4.78, 5) is 24.0. The van der Waals surface area contributed by atoms with Crippen molar-refractivity contribution >= 4 is 11.7 Å². The van der Waals surface area contributed by atoms with Crippen molar-refractivity contribution in [3.05, 3.63) is 47.3 Å². The van der Waals surface area contributed by atoms with Crippen LogP contribution in [-0.4, -0.2) is 28.0 Å². The lowest BCUT2D eigenvalue weighted by Gasteiger charge is -2.04. The molecule has 0 spiro atoms.